The summed E-state index contributed by atoms with van der Waals surface area (Å²) in [4.78, 5) is 10.1. The summed E-state index contributed by atoms with van der Waals surface area (Å²) in [5, 5.41) is 38.7. The highest BCUT2D eigenvalue weighted by atomic mass is 16.6. The van der Waals surface area contributed by atoms with Crippen LogP contribution < -0.4 is 10.5 Å². The molecule has 0 heterocycles. The molecular weight excluding hydrogens is 254 g/mol. The zero-order valence-electron chi connectivity index (χ0n) is 10.1. The molecule has 4 N–H and O–H groups in total. The Morgan fingerprint density at radius 1 is 1.58 bits per heavy atom. The second-order valence-electron chi connectivity index (χ2n) is 3.78. The molecule has 8 nitrogen and oxygen atoms in total. The molecule has 0 amide bonds. The molecule has 0 saturated carbocycles. The van der Waals surface area contributed by atoms with Gasteiger partial charge in [-0.25, -0.2) is 0 Å². The van der Waals surface area contributed by atoms with E-state index in [1.54, 1.807) is 6.07 Å². The Labute approximate surface area is 108 Å². The summed E-state index contributed by atoms with van der Waals surface area (Å²) in [5.41, 5.74) is 4.84. The lowest BCUT2D eigenvalue weighted by molar-refractivity contribution is -0.384. The maximum Gasteiger partial charge on any atom is 0.296 e. The van der Waals surface area contributed by atoms with Gasteiger partial charge in [0.2, 0.25) is 0 Å². The number of rotatable bonds is 5. The van der Waals surface area contributed by atoms with Crippen LogP contribution in [0.2, 0.25) is 0 Å². The number of nitrogen functional groups attached to an aromatic ring is 1. The number of hydrogen-bond acceptors (Lipinski definition) is 7. The predicted octanol–water partition coefficient (Wildman–Crippen LogP) is 0.494. The minimum absolute atomic E-state index is 0.0474. The summed E-state index contributed by atoms with van der Waals surface area (Å²) < 4.78 is 4.87. The molecule has 2 atom stereocenters. The van der Waals surface area contributed by atoms with E-state index in [4.69, 9.17) is 15.7 Å². The fourth-order valence-corrected chi connectivity index (χ4v) is 1.56. The molecule has 102 valence electrons. The molecule has 0 spiro atoms. The first-order valence-corrected chi connectivity index (χ1v) is 5.27. The number of hydrogen-bond donors (Lipinski definition) is 3. The first-order valence-electron chi connectivity index (χ1n) is 5.27. The van der Waals surface area contributed by atoms with E-state index in [2.05, 4.69) is 0 Å². The van der Waals surface area contributed by atoms with Gasteiger partial charge < -0.3 is 20.7 Å². The number of nitrogens with two attached hydrogens (primary N) is 1. The molecule has 0 saturated heterocycles. The minimum Gasteiger partial charge on any atom is -0.496 e. The standard InChI is InChI=1S/C11H13N3O5/c1-19-6-4-7(11(16)9(15)2-3-12)10(13)8(5-6)14(17)18/h4-5,9,11,15-16H,2,13H2,1H3. The lowest BCUT2D eigenvalue weighted by Crippen LogP contribution is -2.19. The first kappa shape index (κ1) is 14.7. The lowest BCUT2D eigenvalue weighted by Gasteiger charge is -2.18. The van der Waals surface area contributed by atoms with Gasteiger partial charge in [-0.3, -0.25) is 10.1 Å². The summed E-state index contributed by atoms with van der Waals surface area (Å²) in [7, 11) is 1.30. The maximum atomic E-state index is 10.8. The number of methoxy groups -OCH3 is 1. The Hall–Kier alpha value is -2.37. The van der Waals surface area contributed by atoms with Gasteiger partial charge in [-0.05, 0) is 6.07 Å². The second kappa shape index (κ2) is 5.99. The van der Waals surface area contributed by atoms with Crippen molar-refractivity contribution in [3.63, 3.8) is 0 Å². The Kier molecular flexibility index (Phi) is 4.63. The SMILES string of the molecule is COc1cc(C(O)C(O)CC#N)c(N)c([N+](=O)[O-])c1. The summed E-state index contributed by atoms with van der Waals surface area (Å²) in [6, 6.07) is 4.09. The Bertz CT molecular complexity index is 526. The largest absolute Gasteiger partial charge is 0.496 e. The van der Waals surface area contributed by atoms with Crippen molar-refractivity contribution in [1.82, 2.24) is 0 Å². The number of ether oxygens (including phenoxy) is 1. The van der Waals surface area contributed by atoms with Gasteiger partial charge in [0, 0.05) is 5.56 Å². The van der Waals surface area contributed by atoms with Crippen molar-refractivity contribution in [2.75, 3.05) is 12.8 Å². The van der Waals surface area contributed by atoms with Crippen molar-refractivity contribution in [3.8, 4) is 11.8 Å². The summed E-state index contributed by atoms with van der Waals surface area (Å²) in [6.07, 6.45) is -3.22. The Morgan fingerprint density at radius 3 is 2.68 bits per heavy atom. The van der Waals surface area contributed by atoms with E-state index in [-0.39, 0.29) is 23.4 Å². The van der Waals surface area contributed by atoms with Crippen LogP contribution in [0.3, 0.4) is 0 Å². The molecule has 19 heavy (non-hydrogen) atoms. The highest BCUT2D eigenvalue weighted by molar-refractivity contribution is 5.66. The van der Waals surface area contributed by atoms with Crippen LogP contribution >= 0.6 is 0 Å². The van der Waals surface area contributed by atoms with Gasteiger partial charge in [0.15, 0.2) is 0 Å². The van der Waals surface area contributed by atoms with Crippen LogP contribution in [0.5, 0.6) is 5.75 Å². The van der Waals surface area contributed by atoms with E-state index >= 15 is 0 Å². The van der Waals surface area contributed by atoms with Crippen LogP contribution in [0.25, 0.3) is 0 Å². The van der Waals surface area contributed by atoms with Crippen molar-refractivity contribution < 1.29 is 19.9 Å². The van der Waals surface area contributed by atoms with Crippen LogP contribution in [0.15, 0.2) is 12.1 Å². The van der Waals surface area contributed by atoms with E-state index in [1.807, 2.05) is 0 Å². The Balaban J connectivity index is 3.30. The summed E-state index contributed by atoms with van der Waals surface area (Å²) in [6.45, 7) is 0. The zero-order chi connectivity index (χ0) is 14.6. The molecule has 0 aromatic heterocycles. The monoisotopic (exact) mass is 267 g/mol. The predicted molar refractivity (Wildman–Crippen MR) is 65.3 cm³/mol. The van der Waals surface area contributed by atoms with Gasteiger partial charge in [0.1, 0.15) is 17.5 Å². The number of nitro groups is 1. The smallest absolute Gasteiger partial charge is 0.296 e. The molecule has 1 aromatic carbocycles. The van der Waals surface area contributed by atoms with Crippen molar-refractivity contribution in [2.24, 2.45) is 0 Å². The number of nitriles is 1. The van der Waals surface area contributed by atoms with E-state index in [0.29, 0.717) is 0 Å². The third-order valence-electron chi connectivity index (χ3n) is 2.58. The third kappa shape index (κ3) is 3.09. The number of benzene rings is 1. The van der Waals surface area contributed by atoms with Gasteiger partial charge in [0.25, 0.3) is 5.69 Å². The number of aliphatic hydroxyl groups is 2. The van der Waals surface area contributed by atoms with Gasteiger partial charge in [0.05, 0.1) is 36.7 Å². The second-order valence-corrected chi connectivity index (χ2v) is 3.78. The first-order chi connectivity index (χ1) is 8.92. The summed E-state index contributed by atoms with van der Waals surface area (Å²) in [5.74, 6) is 0.124. The van der Waals surface area contributed by atoms with Crippen molar-refractivity contribution >= 4 is 11.4 Å². The van der Waals surface area contributed by atoms with E-state index in [9.17, 15) is 20.3 Å². The fraction of sp³-hybridized carbons (Fsp3) is 0.364. The van der Waals surface area contributed by atoms with Gasteiger partial charge in [-0.15, -0.1) is 0 Å². The molecule has 0 radical (unpaired) electrons. The number of anilines is 1. The molecule has 0 aliphatic heterocycles. The van der Waals surface area contributed by atoms with E-state index in [1.165, 1.54) is 13.2 Å². The van der Waals surface area contributed by atoms with Crippen LogP contribution in [-0.2, 0) is 0 Å². The molecule has 8 heteroatoms. The molecule has 1 aromatic rings. The minimum atomic E-state index is -1.51. The van der Waals surface area contributed by atoms with Crippen LogP contribution in [0.1, 0.15) is 18.1 Å². The van der Waals surface area contributed by atoms with Gasteiger partial charge in [-0.2, -0.15) is 5.26 Å². The molecule has 1 rings (SSSR count). The third-order valence-corrected chi connectivity index (χ3v) is 2.58. The van der Waals surface area contributed by atoms with Crippen molar-refractivity contribution in [3.05, 3.63) is 27.8 Å². The molecule has 0 bridgehead atoms. The maximum absolute atomic E-state index is 10.8. The average molecular weight is 267 g/mol. The van der Waals surface area contributed by atoms with Crippen LogP contribution in [-0.4, -0.2) is 28.4 Å². The van der Waals surface area contributed by atoms with Crippen LogP contribution in [0.4, 0.5) is 11.4 Å². The average Bonchev–Trinajstić information content (AvgIpc) is 2.38. The zero-order valence-corrected chi connectivity index (χ0v) is 10.1. The molecule has 2 unspecified atom stereocenters. The number of aliphatic hydroxyl groups excluding tert-OH is 2. The molecule has 0 aliphatic rings. The molecular formula is C11H13N3O5. The van der Waals surface area contributed by atoms with E-state index < -0.39 is 22.8 Å². The fourth-order valence-electron chi connectivity index (χ4n) is 1.56. The number of nitro benzene ring substituents is 1. The van der Waals surface area contributed by atoms with Crippen molar-refractivity contribution in [1.29, 1.82) is 5.26 Å². The quantitative estimate of drug-likeness (QED) is 0.400. The normalized spacial score (nSPS) is 13.4. The van der Waals surface area contributed by atoms with Gasteiger partial charge in [-0.1, -0.05) is 0 Å². The molecule has 0 aliphatic carbocycles. The summed E-state index contributed by atoms with van der Waals surface area (Å²) >= 11 is 0. The Morgan fingerprint density at radius 2 is 2.21 bits per heavy atom. The van der Waals surface area contributed by atoms with Crippen LogP contribution in [0, 0.1) is 21.4 Å². The van der Waals surface area contributed by atoms with Gasteiger partial charge >= 0.3 is 0 Å². The van der Waals surface area contributed by atoms with E-state index in [0.717, 1.165) is 6.07 Å². The van der Waals surface area contributed by atoms with Crippen molar-refractivity contribution in [2.45, 2.75) is 18.6 Å². The highest BCUT2D eigenvalue weighted by Crippen LogP contribution is 2.35. The number of nitrogens with zero attached hydrogens (tertiary/aromatic N) is 2. The lowest BCUT2D eigenvalue weighted by atomic mass is 9.99. The molecule has 0 fully saturated rings. The topological polar surface area (TPSA) is 143 Å². The highest BCUT2D eigenvalue weighted by Gasteiger charge is 2.26.